The van der Waals surface area contributed by atoms with Gasteiger partial charge in [0.1, 0.15) is 42.8 Å². The van der Waals surface area contributed by atoms with Gasteiger partial charge in [-0.25, -0.2) is 9.59 Å². The van der Waals surface area contributed by atoms with Crippen molar-refractivity contribution in [2.24, 2.45) is 5.92 Å². The third-order valence-corrected chi connectivity index (χ3v) is 22.3. The molecule has 17 nitrogen and oxygen atoms in total. The number of aliphatic hydroxyl groups is 3. The minimum Gasteiger partial charge on any atom is -0.497 e. The Morgan fingerprint density at radius 2 is 1.43 bits per heavy atom. The number of nitrogens with zero attached hydrogens (tertiary/aromatic N) is 2. The van der Waals surface area contributed by atoms with Crippen LogP contribution in [0.15, 0.2) is 76.4 Å². The van der Waals surface area contributed by atoms with E-state index in [4.69, 9.17) is 23.1 Å². The molecule has 67 heavy (non-hydrogen) atoms. The summed E-state index contributed by atoms with van der Waals surface area (Å²) in [6.07, 6.45) is -5.85. The average Bonchev–Trinajstić information content (AvgIpc) is 3.59. The van der Waals surface area contributed by atoms with Crippen molar-refractivity contribution in [3.05, 3.63) is 98.8 Å². The smallest absolute Gasteiger partial charge is 0.408 e. The number of aromatic nitrogens is 2. The summed E-state index contributed by atoms with van der Waals surface area (Å²) in [6.45, 7) is 24.2. The molecule has 2 heterocycles. The molecule has 1 saturated heterocycles. The van der Waals surface area contributed by atoms with Crippen LogP contribution in [0.5, 0.6) is 5.75 Å². The molecule has 19 heteroatoms. The Bertz CT molecular complexity index is 2170. The highest BCUT2D eigenvalue weighted by atomic mass is 28.4. The largest absolute Gasteiger partial charge is 0.497 e. The number of nitrogens with one attached hydrogen (secondary N) is 3. The molecule has 374 valence electrons. The van der Waals surface area contributed by atoms with Gasteiger partial charge in [-0.15, -0.1) is 0 Å². The van der Waals surface area contributed by atoms with Crippen LogP contribution in [0, 0.1) is 5.92 Å². The summed E-state index contributed by atoms with van der Waals surface area (Å²) >= 11 is 0. The van der Waals surface area contributed by atoms with Crippen molar-refractivity contribution in [1.29, 1.82) is 0 Å². The molecular weight excluding hydrogens is 895 g/mol. The van der Waals surface area contributed by atoms with Crippen LogP contribution in [0.2, 0.25) is 36.3 Å². The minimum absolute atomic E-state index is 0.0131. The molecule has 1 aliphatic rings. The van der Waals surface area contributed by atoms with Crippen LogP contribution in [0.25, 0.3) is 0 Å². The van der Waals surface area contributed by atoms with E-state index in [2.05, 4.69) is 83.7 Å². The highest BCUT2D eigenvalue weighted by Crippen LogP contribution is 2.46. The fraction of sp³-hybridized carbons (Fsp3) is 0.625. The Morgan fingerprint density at radius 1 is 0.836 bits per heavy atom. The van der Waals surface area contributed by atoms with Gasteiger partial charge in [-0.2, -0.15) is 0 Å². The third-order valence-electron chi connectivity index (χ3n) is 13.4. The van der Waals surface area contributed by atoms with Crippen LogP contribution in [0.4, 0.5) is 4.79 Å². The Balaban J connectivity index is 1.59. The first-order valence-electron chi connectivity index (χ1n) is 23.1. The summed E-state index contributed by atoms with van der Waals surface area (Å²) < 4.78 is 34.2. The number of rotatable bonds is 22. The Kier molecular flexibility index (Phi) is 19.4. The number of ether oxygens (including phenoxy) is 3. The van der Waals surface area contributed by atoms with Gasteiger partial charge in [0.15, 0.2) is 22.9 Å². The molecule has 1 aliphatic heterocycles. The summed E-state index contributed by atoms with van der Waals surface area (Å²) in [4.78, 5) is 53.9. The lowest BCUT2D eigenvalue weighted by Gasteiger charge is -2.44. The SMILES string of the molecule is COc1ccc(Cn2c(=O)ccn([C@@H]3OC([C@@H](O)[C@H](CO)NCCCNC(=O)[C@H](NC(=O)OCc4ccccc4)[C@@H](O)C(C)C)[C@@H](O[Si](C)(C)C(C)(C)C)[C@H]3O[Si](C)(C)C(C)(C)C)c2=O)cc1. The average molecular weight is 972 g/mol. The number of benzene rings is 2. The van der Waals surface area contributed by atoms with E-state index in [1.165, 1.54) is 16.8 Å². The van der Waals surface area contributed by atoms with Crippen molar-refractivity contribution in [1.82, 2.24) is 25.1 Å². The van der Waals surface area contributed by atoms with E-state index in [-0.39, 0.29) is 42.2 Å². The predicted molar refractivity (Wildman–Crippen MR) is 262 cm³/mol. The van der Waals surface area contributed by atoms with Crippen molar-refractivity contribution >= 4 is 28.6 Å². The number of hydrogen-bond donors (Lipinski definition) is 6. The first-order valence-corrected chi connectivity index (χ1v) is 29.0. The van der Waals surface area contributed by atoms with Crippen molar-refractivity contribution in [3.63, 3.8) is 0 Å². The van der Waals surface area contributed by atoms with Crippen molar-refractivity contribution in [2.45, 2.75) is 160 Å². The number of carbonyl (C=O) groups is 2. The molecule has 6 N–H and O–H groups in total. The van der Waals surface area contributed by atoms with Gasteiger partial charge < -0.3 is 54.3 Å². The van der Waals surface area contributed by atoms with Gasteiger partial charge in [-0.1, -0.05) is 97.9 Å². The molecule has 8 atom stereocenters. The van der Waals surface area contributed by atoms with Crippen LogP contribution in [-0.2, 0) is 36.3 Å². The quantitative estimate of drug-likeness (QED) is 0.0585. The van der Waals surface area contributed by atoms with Crippen LogP contribution in [-0.4, -0.2) is 122 Å². The van der Waals surface area contributed by atoms with Crippen LogP contribution < -0.4 is 31.9 Å². The number of aliphatic hydroxyl groups excluding tert-OH is 3. The number of alkyl carbamates (subject to hydrolysis) is 1. The fourth-order valence-corrected chi connectivity index (χ4v) is 9.63. The molecule has 3 aromatic rings. The highest BCUT2D eigenvalue weighted by Gasteiger charge is 2.57. The second kappa shape index (κ2) is 23.4. The van der Waals surface area contributed by atoms with Crippen molar-refractivity contribution in [2.75, 3.05) is 26.8 Å². The lowest BCUT2D eigenvalue weighted by atomic mass is 9.99. The van der Waals surface area contributed by atoms with Crippen LogP contribution in [0.3, 0.4) is 0 Å². The molecule has 1 unspecified atom stereocenters. The predicted octanol–water partition coefficient (Wildman–Crippen LogP) is 4.87. The first-order chi connectivity index (χ1) is 31.2. The standard InChI is InChI=1S/C48H77N5O12Si2/c1-31(2)38(56)37(51-45(59)62-30-33-18-15-14-16-19-33)43(58)50-26-17-25-49-35(29-54)39(57)40-41(64-66(10,11)47(3,4)5)42(65-67(12,13)48(6,7)8)44(63-40)52-27-24-36(55)53(46(52)60)28-32-20-22-34(61-9)23-21-32/h14-16,18-24,27,31,35,37-42,44,49,54,56-57H,17,25-26,28-30H2,1-13H3,(H,50,58)(H,51,59)/t35-,37+,38-,39-,40?,41+,42+,44+/m0/s1. The van der Waals surface area contributed by atoms with Crippen molar-refractivity contribution in [3.8, 4) is 5.75 Å². The van der Waals surface area contributed by atoms with Crippen LogP contribution in [0.1, 0.15) is 79.2 Å². The molecule has 0 saturated carbocycles. The van der Waals surface area contributed by atoms with E-state index in [1.54, 1.807) is 57.4 Å². The Morgan fingerprint density at radius 3 is 1.99 bits per heavy atom. The third kappa shape index (κ3) is 14.4. The normalized spacial score (nSPS) is 20.0. The van der Waals surface area contributed by atoms with Gasteiger partial charge in [-0.3, -0.25) is 18.7 Å². The van der Waals surface area contributed by atoms with Gasteiger partial charge in [0, 0.05) is 18.8 Å². The van der Waals surface area contributed by atoms with E-state index in [0.717, 1.165) is 10.1 Å². The fourth-order valence-electron chi connectivity index (χ4n) is 7.04. The molecule has 0 bridgehead atoms. The molecule has 0 radical (unpaired) electrons. The minimum atomic E-state index is -2.68. The number of hydrogen-bond acceptors (Lipinski definition) is 13. The molecule has 1 fully saturated rings. The lowest BCUT2D eigenvalue weighted by Crippen LogP contribution is -2.58. The maximum absolute atomic E-state index is 14.5. The maximum atomic E-state index is 14.5. The van der Waals surface area contributed by atoms with Gasteiger partial charge in [0.05, 0.1) is 32.4 Å². The number of methoxy groups -OCH3 is 1. The van der Waals surface area contributed by atoms with Gasteiger partial charge in [0.2, 0.25) is 5.91 Å². The van der Waals surface area contributed by atoms with E-state index in [9.17, 15) is 34.5 Å². The molecule has 1 aromatic heterocycles. The Labute approximate surface area is 397 Å². The lowest BCUT2D eigenvalue weighted by molar-refractivity contribution is -0.126. The van der Waals surface area contributed by atoms with Gasteiger partial charge >= 0.3 is 11.8 Å². The summed E-state index contributed by atoms with van der Waals surface area (Å²) in [5.41, 5.74) is 0.318. The maximum Gasteiger partial charge on any atom is 0.408 e. The zero-order valence-corrected chi connectivity index (χ0v) is 43.7. The molecule has 2 amide bonds. The molecule has 0 spiro atoms. The summed E-state index contributed by atoms with van der Waals surface area (Å²) in [7, 11) is -3.79. The van der Waals surface area contributed by atoms with Gasteiger partial charge in [-0.05, 0) is 78.4 Å². The molecular formula is C48H77N5O12Si2. The van der Waals surface area contributed by atoms with E-state index < -0.39 is 95.3 Å². The van der Waals surface area contributed by atoms with E-state index >= 15 is 0 Å². The number of carbonyl (C=O) groups excluding carboxylic acids is 2. The van der Waals surface area contributed by atoms with Gasteiger partial charge in [0.25, 0.3) is 5.56 Å². The van der Waals surface area contributed by atoms with Crippen LogP contribution >= 0.6 is 0 Å². The molecule has 2 aromatic carbocycles. The van der Waals surface area contributed by atoms with Crippen molar-refractivity contribution < 1.29 is 48.0 Å². The second-order valence-corrected chi connectivity index (χ2v) is 30.3. The summed E-state index contributed by atoms with van der Waals surface area (Å²) in [5.74, 6) is -0.339. The Hall–Kier alpha value is -4.19. The second-order valence-electron chi connectivity index (χ2n) is 20.8. The highest BCUT2D eigenvalue weighted by molar-refractivity contribution is 6.74. The monoisotopic (exact) mass is 972 g/mol. The molecule has 0 aliphatic carbocycles. The zero-order chi connectivity index (χ0) is 50.1. The van der Waals surface area contributed by atoms with E-state index in [0.29, 0.717) is 17.7 Å². The topological polar surface area (TPSA) is 221 Å². The number of amides is 2. The molecule has 4 rings (SSSR count). The zero-order valence-electron chi connectivity index (χ0n) is 41.7. The summed E-state index contributed by atoms with van der Waals surface area (Å²) in [6, 6.07) is 15.2. The van der Waals surface area contributed by atoms with E-state index in [1.807, 2.05) is 18.2 Å². The first kappa shape index (κ1) is 55.4. The summed E-state index contributed by atoms with van der Waals surface area (Å²) in [5, 5.41) is 41.8.